The molecule has 0 saturated carbocycles. The van der Waals surface area contributed by atoms with Crippen molar-refractivity contribution < 1.29 is 28.9 Å². The fourth-order valence-corrected chi connectivity index (χ4v) is 2.97. The van der Waals surface area contributed by atoms with Crippen molar-refractivity contribution in [2.75, 3.05) is 20.8 Å². The Morgan fingerprint density at radius 2 is 1.87 bits per heavy atom. The van der Waals surface area contributed by atoms with Crippen molar-refractivity contribution in [1.29, 1.82) is 0 Å². The predicted molar refractivity (Wildman–Crippen MR) is 113 cm³/mol. The molecular formula is C20H20Cl2N2O6. The Kier molecular flexibility index (Phi) is 8.76. The Hall–Kier alpha value is -2.97. The van der Waals surface area contributed by atoms with Crippen molar-refractivity contribution in [1.82, 2.24) is 5.43 Å². The van der Waals surface area contributed by atoms with E-state index in [0.717, 1.165) is 0 Å². The third kappa shape index (κ3) is 6.27. The van der Waals surface area contributed by atoms with Gasteiger partial charge in [0, 0.05) is 17.0 Å². The summed E-state index contributed by atoms with van der Waals surface area (Å²) in [6.45, 7) is 0.275. The predicted octanol–water partition coefficient (Wildman–Crippen LogP) is 4.02. The van der Waals surface area contributed by atoms with Crippen LogP contribution in [0.15, 0.2) is 35.4 Å². The number of nitrogens with zero attached hydrogens (tertiary/aromatic N) is 1. The first-order valence-corrected chi connectivity index (χ1v) is 9.51. The summed E-state index contributed by atoms with van der Waals surface area (Å²) in [5.41, 5.74) is 2.48. The normalized spacial score (nSPS) is 10.7. The van der Waals surface area contributed by atoms with Crippen LogP contribution in [-0.2, 0) is 4.79 Å². The third-order valence-electron chi connectivity index (χ3n) is 3.88. The lowest BCUT2D eigenvalue weighted by Crippen LogP contribution is -2.18. The number of amides is 1. The van der Waals surface area contributed by atoms with E-state index < -0.39 is 5.97 Å². The number of nitrogens with one attached hydrogen (secondary N) is 1. The number of ether oxygens (including phenoxy) is 3. The Morgan fingerprint density at radius 1 is 1.13 bits per heavy atom. The van der Waals surface area contributed by atoms with Gasteiger partial charge in [0.1, 0.15) is 11.3 Å². The van der Waals surface area contributed by atoms with Gasteiger partial charge in [-0.15, -0.1) is 0 Å². The molecule has 2 rings (SSSR count). The van der Waals surface area contributed by atoms with E-state index in [1.807, 2.05) is 0 Å². The quantitative estimate of drug-likeness (QED) is 0.319. The molecule has 0 aliphatic heterocycles. The minimum atomic E-state index is -1.21. The minimum Gasteiger partial charge on any atom is -0.493 e. The lowest BCUT2D eigenvalue weighted by atomic mass is 10.1. The smallest absolute Gasteiger partial charge is 0.340 e. The van der Waals surface area contributed by atoms with E-state index in [1.54, 1.807) is 24.3 Å². The minimum absolute atomic E-state index is 0.0679. The van der Waals surface area contributed by atoms with Gasteiger partial charge in [-0.2, -0.15) is 5.10 Å². The summed E-state index contributed by atoms with van der Waals surface area (Å²) in [6, 6.07) is 7.93. The molecule has 0 radical (unpaired) electrons. The number of benzene rings is 2. The molecule has 0 heterocycles. The maximum absolute atomic E-state index is 11.9. The number of hydrogen-bond acceptors (Lipinski definition) is 6. The molecule has 2 aromatic carbocycles. The largest absolute Gasteiger partial charge is 0.493 e. The van der Waals surface area contributed by atoms with Gasteiger partial charge in [0.2, 0.25) is 5.91 Å². The molecule has 160 valence electrons. The van der Waals surface area contributed by atoms with Crippen molar-refractivity contribution in [3.63, 3.8) is 0 Å². The molecule has 0 bridgehead atoms. The van der Waals surface area contributed by atoms with Gasteiger partial charge in [0.25, 0.3) is 0 Å². The molecule has 2 N–H and O–H groups in total. The van der Waals surface area contributed by atoms with Crippen LogP contribution < -0.4 is 19.6 Å². The molecule has 2 aromatic rings. The summed E-state index contributed by atoms with van der Waals surface area (Å²) >= 11 is 11.8. The molecule has 10 heteroatoms. The first-order valence-electron chi connectivity index (χ1n) is 8.75. The van der Waals surface area contributed by atoms with E-state index in [9.17, 15) is 14.7 Å². The van der Waals surface area contributed by atoms with Crippen LogP contribution in [0, 0.1) is 0 Å². The Labute approximate surface area is 183 Å². The van der Waals surface area contributed by atoms with Crippen LogP contribution in [0.25, 0.3) is 0 Å². The molecule has 8 nitrogen and oxygen atoms in total. The number of carboxylic acid groups (broad SMARTS) is 1. The summed E-state index contributed by atoms with van der Waals surface area (Å²) in [5.74, 6) is -0.741. The molecule has 1 amide bonds. The monoisotopic (exact) mass is 454 g/mol. The van der Waals surface area contributed by atoms with Crippen LogP contribution in [-0.4, -0.2) is 44.0 Å². The maximum Gasteiger partial charge on any atom is 0.340 e. The molecule has 30 heavy (non-hydrogen) atoms. The second-order valence-electron chi connectivity index (χ2n) is 5.89. The van der Waals surface area contributed by atoms with Crippen LogP contribution in [0.1, 0.15) is 28.8 Å². The Morgan fingerprint density at radius 3 is 2.50 bits per heavy atom. The van der Waals surface area contributed by atoms with E-state index in [-0.39, 0.29) is 41.6 Å². The van der Waals surface area contributed by atoms with E-state index in [2.05, 4.69) is 10.5 Å². The Balaban J connectivity index is 1.89. The topological polar surface area (TPSA) is 106 Å². The molecule has 0 saturated heterocycles. The van der Waals surface area contributed by atoms with Crippen LogP contribution >= 0.6 is 23.2 Å². The number of methoxy groups -OCH3 is 2. The highest BCUT2D eigenvalue weighted by Crippen LogP contribution is 2.33. The number of rotatable bonds is 10. The van der Waals surface area contributed by atoms with Crippen LogP contribution in [0.2, 0.25) is 10.0 Å². The molecule has 0 unspecified atom stereocenters. The van der Waals surface area contributed by atoms with Gasteiger partial charge in [0.15, 0.2) is 11.5 Å². The number of hydrogen-bond donors (Lipinski definition) is 2. The number of carbonyl (C=O) groups excluding carboxylic acids is 1. The second-order valence-corrected chi connectivity index (χ2v) is 6.73. The highest BCUT2D eigenvalue weighted by Gasteiger charge is 2.20. The first kappa shape index (κ1) is 23.3. The van der Waals surface area contributed by atoms with E-state index >= 15 is 0 Å². The van der Waals surface area contributed by atoms with Crippen molar-refractivity contribution >= 4 is 41.3 Å². The van der Waals surface area contributed by atoms with Crippen molar-refractivity contribution in [2.24, 2.45) is 5.10 Å². The third-order valence-corrected chi connectivity index (χ3v) is 4.41. The van der Waals surface area contributed by atoms with Crippen molar-refractivity contribution in [3.05, 3.63) is 51.5 Å². The molecule has 0 spiro atoms. The Bertz CT molecular complexity index is 949. The molecule has 0 atom stereocenters. The van der Waals surface area contributed by atoms with Gasteiger partial charge in [-0.25, -0.2) is 10.2 Å². The number of halogens is 2. The zero-order valence-corrected chi connectivity index (χ0v) is 17.8. The number of aromatic carboxylic acids is 1. The summed E-state index contributed by atoms with van der Waals surface area (Å²) in [5, 5.41) is 14.2. The van der Waals surface area contributed by atoms with Gasteiger partial charge in [-0.3, -0.25) is 4.79 Å². The van der Waals surface area contributed by atoms with Gasteiger partial charge in [-0.05, 0) is 36.8 Å². The molecular weight excluding hydrogens is 435 g/mol. The fraction of sp³-hybridized carbons (Fsp3) is 0.250. The van der Waals surface area contributed by atoms with Crippen LogP contribution in [0.4, 0.5) is 0 Å². The van der Waals surface area contributed by atoms with Crippen LogP contribution in [0.5, 0.6) is 17.2 Å². The summed E-state index contributed by atoms with van der Waals surface area (Å²) < 4.78 is 15.7. The zero-order chi connectivity index (χ0) is 22.1. The van der Waals surface area contributed by atoms with E-state index in [1.165, 1.54) is 26.5 Å². The van der Waals surface area contributed by atoms with Gasteiger partial charge in [-0.1, -0.05) is 23.2 Å². The number of carbonyl (C=O) groups is 2. The average molecular weight is 455 g/mol. The number of carboxylic acids is 1. The standard InChI is InChI=1S/C20H20Cl2N2O6/c1-28-16-7-5-12(18(20(26)27)19(16)29-2)11-23-24-17(25)4-3-9-30-15-8-6-13(21)10-14(15)22/h5-8,10-11H,3-4,9H2,1-2H3,(H,24,25)(H,26,27)/b23-11+. The zero-order valence-electron chi connectivity index (χ0n) is 16.3. The lowest BCUT2D eigenvalue weighted by molar-refractivity contribution is -0.121. The molecule has 0 fully saturated rings. The molecule has 0 aliphatic rings. The van der Waals surface area contributed by atoms with E-state index in [4.69, 9.17) is 37.4 Å². The van der Waals surface area contributed by atoms with Gasteiger partial charge in [0.05, 0.1) is 32.1 Å². The molecule has 0 aliphatic carbocycles. The first-order chi connectivity index (χ1) is 14.4. The number of hydrazone groups is 1. The SMILES string of the molecule is COc1ccc(/C=N/NC(=O)CCCOc2ccc(Cl)cc2Cl)c(C(=O)O)c1OC. The van der Waals surface area contributed by atoms with Crippen molar-refractivity contribution in [3.8, 4) is 17.2 Å². The van der Waals surface area contributed by atoms with Gasteiger partial charge < -0.3 is 19.3 Å². The maximum atomic E-state index is 11.9. The van der Waals surface area contributed by atoms with E-state index in [0.29, 0.717) is 22.2 Å². The second kappa shape index (κ2) is 11.3. The van der Waals surface area contributed by atoms with Gasteiger partial charge >= 0.3 is 5.97 Å². The fourth-order valence-electron chi connectivity index (χ4n) is 2.51. The molecule has 0 aromatic heterocycles. The summed E-state index contributed by atoms with van der Waals surface area (Å²) in [7, 11) is 2.74. The lowest BCUT2D eigenvalue weighted by Gasteiger charge is -2.12. The highest BCUT2D eigenvalue weighted by atomic mass is 35.5. The summed E-state index contributed by atoms with van der Waals surface area (Å²) in [6.07, 6.45) is 1.81. The van der Waals surface area contributed by atoms with Crippen molar-refractivity contribution in [2.45, 2.75) is 12.8 Å². The summed E-state index contributed by atoms with van der Waals surface area (Å²) in [4.78, 5) is 23.5. The highest BCUT2D eigenvalue weighted by molar-refractivity contribution is 6.35. The average Bonchev–Trinajstić information content (AvgIpc) is 2.71. The van der Waals surface area contributed by atoms with Crippen LogP contribution in [0.3, 0.4) is 0 Å².